The molecule has 0 aliphatic rings. The third-order valence-corrected chi connectivity index (χ3v) is 5.43. The maximum absolute atomic E-state index is 13.1. The smallest absolute Gasteiger partial charge is 0.417 e. The number of nitrogens with zero attached hydrogens (tertiary/aromatic N) is 1. The Morgan fingerprint density at radius 1 is 1.14 bits per heavy atom. The van der Waals surface area contributed by atoms with Gasteiger partial charge < -0.3 is 10.1 Å². The van der Waals surface area contributed by atoms with E-state index in [0.717, 1.165) is 18.4 Å². The standard InChI is InChI=1S/C17H15Cl2F3N2O4S/c1-28-15-6-3-10(7-14(15)19)23-16(25)9-24(29(2,26)27)11-4-5-13(18)12(8-11)17(20,21)22/h3-8H,9H2,1-2H3,(H,23,25). The van der Waals surface area contributed by atoms with Gasteiger partial charge in [-0.25, -0.2) is 8.42 Å². The van der Waals surface area contributed by atoms with Crippen LogP contribution >= 0.6 is 23.2 Å². The van der Waals surface area contributed by atoms with Gasteiger partial charge in [0, 0.05) is 5.69 Å². The number of carbonyl (C=O) groups excluding carboxylic acids is 1. The summed E-state index contributed by atoms with van der Waals surface area (Å²) < 4.78 is 69.0. The van der Waals surface area contributed by atoms with Crippen LogP contribution in [-0.2, 0) is 21.0 Å². The van der Waals surface area contributed by atoms with Gasteiger partial charge in [-0.2, -0.15) is 13.2 Å². The summed E-state index contributed by atoms with van der Waals surface area (Å²) in [5.41, 5.74) is -1.32. The third-order valence-electron chi connectivity index (χ3n) is 3.67. The first-order valence-corrected chi connectivity index (χ1v) is 10.4. The van der Waals surface area contributed by atoms with Crippen molar-refractivity contribution in [3.8, 4) is 5.75 Å². The van der Waals surface area contributed by atoms with Crippen LogP contribution in [0.4, 0.5) is 24.5 Å². The number of halogens is 5. The first-order valence-electron chi connectivity index (χ1n) is 7.81. The van der Waals surface area contributed by atoms with E-state index < -0.39 is 39.2 Å². The Hall–Kier alpha value is -2.17. The summed E-state index contributed by atoms with van der Waals surface area (Å²) in [4.78, 5) is 12.3. The van der Waals surface area contributed by atoms with Crippen molar-refractivity contribution in [3.63, 3.8) is 0 Å². The number of rotatable bonds is 6. The van der Waals surface area contributed by atoms with Crippen LogP contribution in [-0.4, -0.2) is 34.2 Å². The first kappa shape index (κ1) is 23.1. The lowest BCUT2D eigenvalue weighted by Gasteiger charge is -2.23. The van der Waals surface area contributed by atoms with Crippen LogP contribution in [0.1, 0.15) is 5.56 Å². The Morgan fingerprint density at radius 2 is 1.79 bits per heavy atom. The molecule has 0 heterocycles. The summed E-state index contributed by atoms with van der Waals surface area (Å²) in [6.07, 6.45) is -4.02. The van der Waals surface area contributed by atoms with Crippen molar-refractivity contribution < 1.29 is 31.1 Å². The highest BCUT2D eigenvalue weighted by Crippen LogP contribution is 2.37. The van der Waals surface area contributed by atoms with Gasteiger partial charge in [0.2, 0.25) is 15.9 Å². The van der Waals surface area contributed by atoms with Crippen molar-refractivity contribution in [2.75, 3.05) is 29.5 Å². The number of carbonyl (C=O) groups is 1. The lowest BCUT2D eigenvalue weighted by Crippen LogP contribution is -2.37. The molecule has 0 spiro atoms. The van der Waals surface area contributed by atoms with E-state index in [1.54, 1.807) is 0 Å². The number of hydrogen-bond acceptors (Lipinski definition) is 4. The fourth-order valence-corrected chi connectivity index (χ4v) is 3.69. The predicted octanol–water partition coefficient (Wildman–Crippen LogP) is 4.43. The molecule has 0 saturated carbocycles. The normalized spacial score (nSPS) is 11.8. The van der Waals surface area contributed by atoms with E-state index >= 15 is 0 Å². The van der Waals surface area contributed by atoms with E-state index in [2.05, 4.69) is 5.32 Å². The minimum absolute atomic E-state index is 0.206. The fraction of sp³-hybridized carbons (Fsp3) is 0.235. The minimum Gasteiger partial charge on any atom is -0.495 e. The van der Waals surface area contributed by atoms with Gasteiger partial charge >= 0.3 is 6.18 Å². The van der Waals surface area contributed by atoms with Crippen molar-refractivity contribution in [2.45, 2.75) is 6.18 Å². The molecule has 0 fully saturated rings. The summed E-state index contributed by atoms with van der Waals surface area (Å²) in [5.74, 6) is -0.427. The van der Waals surface area contributed by atoms with Gasteiger partial charge in [-0.1, -0.05) is 23.2 Å². The Morgan fingerprint density at radius 3 is 2.31 bits per heavy atom. The molecule has 1 N–H and O–H groups in total. The van der Waals surface area contributed by atoms with Crippen LogP contribution in [0.2, 0.25) is 10.0 Å². The van der Waals surface area contributed by atoms with Gasteiger partial charge in [0.1, 0.15) is 12.3 Å². The Balaban J connectivity index is 2.31. The average molecular weight is 471 g/mol. The molecule has 158 valence electrons. The van der Waals surface area contributed by atoms with Crippen molar-refractivity contribution in [2.24, 2.45) is 0 Å². The molecular formula is C17H15Cl2F3N2O4S. The van der Waals surface area contributed by atoms with Gasteiger partial charge in [-0.3, -0.25) is 9.10 Å². The molecular weight excluding hydrogens is 456 g/mol. The molecule has 0 atom stereocenters. The molecule has 0 radical (unpaired) electrons. The molecule has 2 rings (SSSR count). The van der Waals surface area contributed by atoms with Crippen LogP contribution in [0.15, 0.2) is 36.4 Å². The van der Waals surface area contributed by atoms with E-state index in [9.17, 15) is 26.4 Å². The van der Waals surface area contributed by atoms with Gasteiger partial charge in [-0.15, -0.1) is 0 Å². The van der Waals surface area contributed by atoms with E-state index in [4.69, 9.17) is 27.9 Å². The highest BCUT2D eigenvalue weighted by molar-refractivity contribution is 7.92. The number of sulfonamides is 1. The van der Waals surface area contributed by atoms with Crippen LogP contribution in [0.5, 0.6) is 5.75 Å². The second-order valence-electron chi connectivity index (χ2n) is 5.83. The molecule has 0 bridgehead atoms. The zero-order valence-corrected chi connectivity index (χ0v) is 17.4. The third kappa shape index (κ3) is 5.91. The second kappa shape index (κ2) is 8.68. The zero-order valence-electron chi connectivity index (χ0n) is 15.0. The van der Waals surface area contributed by atoms with Crippen LogP contribution in [0, 0.1) is 0 Å². The van der Waals surface area contributed by atoms with E-state index in [0.29, 0.717) is 16.1 Å². The summed E-state index contributed by atoms with van der Waals surface area (Å²) in [6.45, 7) is -0.762. The molecule has 2 aromatic rings. The van der Waals surface area contributed by atoms with Crippen molar-refractivity contribution in [3.05, 3.63) is 52.0 Å². The number of ether oxygens (including phenoxy) is 1. The first-order chi connectivity index (χ1) is 13.3. The number of alkyl halides is 3. The number of methoxy groups -OCH3 is 1. The van der Waals surface area contributed by atoms with Crippen molar-refractivity contribution in [1.82, 2.24) is 0 Å². The number of hydrogen-bond donors (Lipinski definition) is 1. The lowest BCUT2D eigenvalue weighted by molar-refractivity contribution is -0.137. The molecule has 0 aliphatic carbocycles. The topological polar surface area (TPSA) is 75.7 Å². The summed E-state index contributed by atoms with van der Waals surface area (Å²) in [6, 6.07) is 6.90. The molecule has 0 unspecified atom stereocenters. The van der Waals surface area contributed by atoms with Gasteiger partial charge in [-0.05, 0) is 36.4 Å². The van der Waals surface area contributed by atoms with E-state index in [1.165, 1.54) is 25.3 Å². The Kier molecular flexibility index (Phi) is 6.92. The summed E-state index contributed by atoms with van der Waals surface area (Å²) in [7, 11) is -2.68. The maximum Gasteiger partial charge on any atom is 0.417 e. The second-order valence-corrected chi connectivity index (χ2v) is 8.55. The van der Waals surface area contributed by atoms with Gasteiger partial charge in [0.25, 0.3) is 0 Å². The molecule has 29 heavy (non-hydrogen) atoms. The molecule has 0 saturated heterocycles. The summed E-state index contributed by atoms with van der Waals surface area (Å²) in [5, 5.41) is 2.04. The Bertz CT molecular complexity index is 1030. The molecule has 1 amide bonds. The molecule has 6 nitrogen and oxygen atoms in total. The monoisotopic (exact) mass is 470 g/mol. The van der Waals surface area contributed by atoms with E-state index in [1.807, 2.05) is 0 Å². The predicted molar refractivity (Wildman–Crippen MR) is 105 cm³/mol. The van der Waals surface area contributed by atoms with Crippen LogP contribution in [0.3, 0.4) is 0 Å². The molecule has 0 aliphatic heterocycles. The van der Waals surface area contributed by atoms with Gasteiger partial charge in [0.15, 0.2) is 0 Å². The van der Waals surface area contributed by atoms with Crippen LogP contribution in [0.25, 0.3) is 0 Å². The lowest BCUT2D eigenvalue weighted by atomic mass is 10.2. The van der Waals surface area contributed by atoms with Crippen molar-refractivity contribution in [1.29, 1.82) is 0 Å². The van der Waals surface area contributed by atoms with Crippen molar-refractivity contribution >= 4 is 50.5 Å². The fourth-order valence-electron chi connectivity index (χ4n) is 2.36. The number of amides is 1. The van der Waals surface area contributed by atoms with Crippen LogP contribution < -0.4 is 14.4 Å². The molecule has 2 aromatic carbocycles. The highest BCUT2D eigenvalue weighted by Gasteiger charge is 2.34. The minimum atomic E-state index is -4.79. The largest absolute Gasteiger partial charge is 0.495 e. The highest BCUT2D eigenvalue weighted by atomic mass is 35.5. The zero-order chi connectivity index (χ0) is 22.0. The Labute approximate surface area is 175 Å². The summed E-state index contributed by atoms with van der Waals surface area (Å²) >= 11 is 11.5. The van der Waals surface area contributed by atoms with Gasteiger partial charge in [0.05, 0.1) is 34.7 Å². The quantitative estimate of drug-likeness (QED) is 0.677. The molecule has 0 aromatic heterocycles. The van der Waals surface area contributed by atoms with E-state index in [-0.39, 0.29) is 16.4 Å². The number of benzene rings is 2. The average Bonchev–Trinajstić information content (AvgIpc) is 2.58. The molecule has 12 heteroatoms. The SMILES string of the molecule is COc1ccc(NC(=O)CN(c2ccc(Cl)c(C(F)(F)F)c2)S(C)(=O)=O)cc1Cl. The number of nitrogens with one attached hydrogen (secondary N) is 1. The number of anilines is 2. The maximum atomic E-state index is 13.1.